The summed E-state index contributed by atoms with van der Waals surface area (Å²) >= 11 is 0. The molecule has 1 saturated heterocycles. The molecule has 0 aromatic heterocycles. The zero-order valence-corrected chi connectivity index (χ0v) is 16.7. The quantitative estimate of drug-likeness (QED) is 0.520. The minimum Gasteiger partial charge on any atom is -0.493 e. The van der Waals surface area contributed by atoms with Gasteiger partial charge < -0.3 is 25.0 Å². The smallest absolute Gasteiger partial charge is 0.191 e. The Kier molecular flexibility index (Phi) is 8.71. The van der Waals surface area contributed by atoms with E-state index in [2.05, 4.69) is 59.6 Å². The molecule has 2 rings (SSSR count). The summed E-state index contributed by atoms with van der Waals surface area (Å²) in [5.74, 6) is 2.26. The first-order chi connectivity index (χ1) is 12.6. The zero-order valence-electron chi connectivity index (χ0n) is 16.7. The molecule has 0 saturated carbocycles. The number of nitrogens with one attached hydrogen (secondary N) is 2. The Labute approximate surface area is 158 Å². The Morgan fingerprint density at radius 3 is 2.92 bits per heavy atom. The molecule has 1 atom stereocenters. The summed E-state index contributed by atoms with van der Waals surface area (Å²) in [5, 5.41) is 6.73. The Morgan fingerprint density at radius 1 is 1.38 bits per heavy atom. The third-order valence-corrected chi connectivity index (χ3v) is 4.72. The van der Waals surface area contributed by atoms with Crippen LogP contribution in [0.25, 0.3) is 0 Å². The van der Waals surface area contributed by atoms with E-state index in [4.69, 9.17) is 9.47 Å². The van der Waals surface area contributed by atoms with Crippen molar-refractivity contribution in [3.63, 3.8) is 0 Å². The highest BCUT2D eigenvalue weighted by molar-refractivity contribution is 5.79. The number of aryl methyl sites for hydroxylation is 1. The van der Waals surface area contributed by atoms with Crippen molar-refractivity contribution in [2.75, 3.05) is 53.6 Å². The predicted molar refractivity (Wildman–Crippen MR) is 107 cm³/mol. The highest BCUT2D eigenvalue weighted by atomic mass is 16.5. The lowest BCUT2D eigenvalue weighted by molar-refractivity contribution is 0.166. The summed E-state index contributed by atoms with van der Waals surface area (Å²) in [5.41, 5.74) is 2.35. The number of aliphatic imine (C=N–C) groups is 1. The fourth-order valence-corrected chi connectivity index (χ4v) is 2.79. The predicted octanol–water partition coefficient (Wildman–Crippen LogP) is 2.03. The lowest BCUT2D eigenvalue weighted by Gasteiger charge is -2.18. The van der Waals surface area contributed by atoms with Crippen LogP contribution in [-0.2, 0) is 11.3 Å². The molecular weight excluding hydrogens is 328 g/mol. The fourth-order valence-electron chi connectivity index (χ4n) is 2.79. The van der Waals surface area contributed by atoms with Crippen LogP contribution < -0.4 is 15.4 Å². The molecule has 146 valence electrons. The molecular formula is C20H34N4O2. The molecule has 1 aliphatic rings. The lowest BCUT2D eigenvalue weighted by Crippen LogP contribution is -2.40. The summed E-state index contributed by atoms with van der Waals surface area (Å²) in [4.78, 5) is 6.56. The first-order valence-corrected chi connectivity index (χ1v) is 9.55. The van der Waals surface area contributed by atoms with Gasteiger partial charge in [-0.15, -0.1) is 0 Å². The minimum atomic E-state index is 0.501. The molecule has 0 radical (unpaired) electrons. The van der Waals surface area contributed by atoms with E-state index in [0.29, 0.717) is 19.1 Å². The molecule has 1 aromatic rings. The number of hydrogen-bond donors (Lipinski definition) is 2. The van der Waals surface area contributed by atoms with Crippen molar-refractivity contribution < 1.29 is 9.47 Å². The number of hydrogen-bond acceptors (Lipinski definition) is 4. The largest absolute Gasteiger partial charge is 0.493 e. The van der Waals surface area contributed by atoms with Crippen molar-refractivity contribution >= 4 is 5.96 Å². The lowest BCUT2D eigenvalue weighted by atomic mass is 10.1. The molecule has 0 spiro atoms. The fraction of sp³-hybridized carbons (Fsp3) is 0.650. The van der Waals surface area contributed by atoms with Crippen LogP contribution in [-0.4, -0.2) is 64.4 Å². The van der Waals surface area contributed by atoms with Crippen LogP contribution in [0.5, 0.6) is 5.75 Å². The number of ether oxygens (including phenoxy) is 2. The van der Waals surface area contributed by atoms with E-state index in [1.165, 1.54) is 5.56 Å². The second kappa shape index (κ2) is 11.0. The first-order valence-electron chi connectivity index (χ1n) is 9.55. The van der Waals surface area contributed by atoms with Crippen molar-refractivity contribution in [1.82, 2.24) is 15.5 Å². The summed E-state index contributed by atoms with van der Waals surface area (Å²) < 4.78 is 11.5. The third kappa shape index (κ3) is 6.84. The molecule has 1 fully saturated rings. The third-order valence-electron chi connectivity index (χ3n) is 4.72. The van der Waals surface area contributed by atoms with Gasteiger partial charge in [0.05, 0.1) is 13.2 Å². The van der Waals surface area contributed by atoms with Crippen molar-refractivity contribution in [2.45, 2.75) is 26.8 Å². The normalized spacial score (nSPS) is 17.6. The SMILES string of the molecule is CCN(C)CCNC(=NC)NCc1ccc(C)cc1OCC1CCOC1. The van der Waals surface area contributed by atoms with Gasteiger partial charge in [0.2, 0.25) is 0 Å². The number of rotatable bonds is 9. The Morgan fingerprint density at radius 2 is 2.23 bits per heavy atom. The number of nitrogens with zero attached hydrogens (tertiary/aromatic N) is 2. The maximum absolute atomic E-state index is 6.11. The monoisotopic (exact) mass is 362 g/mol. The maximum atomic E-state index is 6.11. The molecule has 1 heterocycles. The van der Waals surface area contributed by atoms with Gasteiger partial charge in [-0.05, 0) is 38.6 Å². The van der Waals surface area contributed by atoms with Crippen LogP contribution in [0, 0.1) is 12.8 Å². The van der Waals surface area contributed by atoms with Crippen molar-refractivity contribution in [1.29, 1.82) is 0 Å². The number of benzene rings is 1. The second-order valence-corrected chi connectivity index (χ2v) is 6.90. The van der Waals surface area contributed by atoms with Gasteiger partial charge in [-0.2, -0.15) is 0 Å². The summed E-state index contributed by atoms with van der Waals surface area (Å²) in [6.07, 6.45) is 1.09. The average Bonchev–Trinajstić information content (AvgIpc) is 3.17. The summed E-state index contributed by atoms with van der Waals surface area (Å²) in [6.45, 7) is 10.2. The Balaban J connectivity index is 1.86. The minimum absolute atomic E-state index is 0.501. The molecule has 1 aliphatic heterocycles. The maximum Gasteiger partial charge on any atom is 0.191 e. The molecule has 0 amide bonds. The topological polar surface area (TPSA) is 58.1 Å². The van der Waals surface area contributed by atoms with Gasteiger partial charge in [-0.1, -0.05) is 19.1 Å². The van der Waals surface area contributed by atoms with Crippen LogP contribution in [0.4, 0.5) is 0 Å². The molecule has 0 aliphatic carbocycles. The average molecular weight is 363 g/mol. The van der Waals surface area contributed by atoms with Crippen molar-refractivity contribution in [2.24, 2.45) is 10.9 Å². The van der Waals surface area contributed by atoms with Gasteiger partial charge in [-0.3, -0.25) is 4.99 Å². The van der Waals surface area contributed by atoms with Gasteiger partial charge in [-0.25, -0.2) is 0 Å². The van der Waals surface area contributed by atoms with Crippen LogP contribution >= 0.6 is 0 Å². The van der Waals surface area contributed by atoms with Gasteiger partial charge in [0.1, 0.15) is 5.75 Å². The summed E-state index contributed by atoms with van der Waals surface area (Å²) in [6, 6.07) is 6.36. The van der Waals surface area contributed by atoms with E-state index < -0.39 is 0 Å². The number of likely N-dealkylation sites (N-methyl/N-ethyl adjacent to an activating group) is 1. The van der Waals surface area contributed by atoms with Crippen molar-refractivity contribution in [3.05, 3.63) is 29.3 Å². The molecule has 2 N–H and O–H groups in total. The van der Waals surface area contributed by atoms with Crippen LogP contribution in [0.1, 0.15) is 24.5 Å². The van der Waals surface area contributed by atoms with Crippen LogP contribution in [0.2, 0.25) is 0 Å². The van der Waals surface area contributed by atoms with Gasteiger partial charge >= 0.3 is 0 Å². The van der Waals surface area contributed by atoms with Crippen molar-refractivity contribution in [3.8, 4) is 5.75 Å². The Hall–Kier alpha value is -1.79. The molecule has 1 unspecified atom stereocenters. The molecule has 26 heavy (non-hydrogen) atoms. The Bertz CT molecular complexity index is 571. The molecule has 0 bridgehead atoms. The summed E-state index contributed by atoms with van der Waals surface area (Å²) in [7, 11) is 3.91. The molecule has 6 heteroatoms. The van der Waals surface area contributed by atoms with E-state index >= 15 is 0 Å². The van der Waals surface area contributed by atoms with Crippen LogP contribution in [0.15, 0.2) is 23.2 Å². The molecule has 1 aromatic carbocycles. The van der Waals surface area contributed by atoms with E-state index in [1.54, 1.807) is 7.05 Å². The van der Waals surface area contributed by atoms with Gasteiger partial charge in [0, 0.05) is 44.8 Å². The van der Waals surface area contributed by atoms with Crippen LogP contribution in [0.3, 0.4) is 0 Å². The highest BCUT2D eigenvalue weighted by Crippen LogP contribution is 2.22. The van der Waals surface area contributed by atoms with Gasteiger partial charge in [0.25, 0.3) is 0 Å². The van der Waals surface area contributed by atoms with E-state index in [0.717, 1.165) is 56.5 Å². The number of guanidine groups is 1. The standard InChI is InChI=1S/C20H34N4O2/c1-5-24(4)10-9-22-20(21-3)23-13-18-7-6-16(2)12-19(18)26-15-17-8-11-25-14-17/h6-7,12,17H,5,8-11,13-15H2,1-4H3,(H2,21,22,23). The second-order valence-electron chi connectivity index (χ2n) is 6.90. The first kappa shape index (κ1) is 20.5. The van der Waals surface area contributed by atoms with E-state index in [-0.39, 0.29) is 0 Å². The molecule has 6 nitrogen and oxygen atoms in total. The van der Waals surface area contributed by atoms with E-state index in [1.807, 2.05) is 0 Å². The zero-order chi connectivity index (χ0) is 18.8. The highest BCUT2D eigenvalue weighted by Gasteiger charge is 2.17. The van der Waals surface area contributed by atoms with Gasteiger partial charge in [0.15, 0.2) is 5.96 Å². The van der Waals surface area contributed by atoms with E-state index in [9.17, 15) is 0 Å².